The molecule has 1 aliphatic rings. The monoisotopic (exact) mass is 530 g/mol. The first-order chi connectivity index (χ1) is 17.2. The molecule has 10 heteroatoms. The number of amides is 1. The van der Waals surface area contributed by atoms with Crippen molar-refractivity contribution in [1.29, 1.82) is 0 Å². The van der Waals surface area contributed by atoms with Gasteiger partial charge in [0.1, 0.15) is 17.7 Å². The maximum atomic E-state index is 13.4. The van der Waals surface area contributed by atoms with E-state index in [9.17, 15) is 27.8 Å². The fourth-order valence-electron chi connectivity index (χ4n) is 4.18. The van der Waals surface area contributed by atoms with Crippen molar-refractivity contribution in [2.75, 3.05) is 12.3 Å². The Morgan fingerprint density at radius 2 is 1.81 bits per heavy atom. The molecule has 3 aromatic rings. The summed E-state index contributed by atoms with van der Waals surface area (Å²) in [5.41, 5.74) is 1.51. The highest BCUT2D eigenvalue weighted by atomic mass is 32.2. The van der Waals surface area contributed by atoms with Gasteiger partial charge in [-0.15, -0.1) is 11.8 Å². The number of carbonyl (C=O) groups is 1. The minimum absolute atomic E-state index is 0.0225. The summed E-state index contributed by atoms with van der Waals surface area (Å²) in [7, 11) is -4.01. The summed E-state index contributed by atoms with van der Waals surface area (Å²) in [5.74, 6) is -0.598. The lowest BCUT2D eigenvalue weighted by atomic mass is 9.99. The Morgan fingerprint density at radius 1 is 1.11 bits per heavy atom. The first-order valence-corrected chi connectivity index (χ1v) is 13.9. The molecular formula is C26H27FN2O5S2. The molecule has 1 aliphatic heterocycles. The highest BCUT2D eigenvalue weighted by Gasteiger charge is 2.43. The van der Waals surface area contributed by atoms with Crippen molar-refractivity contribution >= 4 is 27.7 Å². The van der Waals surface area contributed by atoms with Crippen molar-refractivity contribution in [2.45, 2.75) is 35.8 Å². The molecule has 3 atom stereocenters. The minimum Gasteiger partial charge on any atom is -0.508 e. The van der Waals surface area contributed by atoms with Gasteiger partial charge in [0, 0.05) is 23.4 Å². The molecule has 0 aliphatic carbocycles. The maximum absolute atomic E-state index is 13.4. The summed E-state index contributed by atoms with van der Waals surface area (Å²) < 4.78 is 41.2. The lowest BCUT2D eigenvalue weighted by Crippen LogP contribution is -2.53. The van der Waals surface area contributed by atoms with E-state index in [1.165, 1.54) is 34.3 Å². The number of benzene rings is 3. The van der Waals surface area contributed by atoms with Crippen molar-refractivity contribution in [3.63, 3.8) is 0 Å². The predicted molar refractivity (Wildman–Crippen MR) is 137 cm³/mol. The Balaban J connectivity index is 1.63. The summed E-state index contributed by atoms with van der Waals surface area (Å²) in [6.45, 7) is 1.79. The highest BCUT2D eigenvalue weighted by Crippen LogP contribution is 2.34. The number of phenols is 1. The standard InChI is InChI=1S/C26H27FN2O5S2/c1-17-21(8-5-9-23(17)30)25(32)28-22(16-18-6-3-2-4-7-18)24(31)26-29(14-15-35-26)36(33,34)20-12-10-19(27)11-13-20/h2-13,22,24,26,30-31H,14-16H2,1H3,(H,28,32)/t22-,24-,26?/m0/s1. The molecule has 1 unspecified atom stereocenters. The number of rotatable bonds is 8. The molecule has 4 rings (SSSR count). The van der Waals surface area contributed by atoms with E-state index in [0.29, 0.717) is 11.3 Å². The van der Waals surface area contributed by atoms with Crippen LogP contribution in [0.25, 0.3) is 0 Å². The van der Waals surface area contributed by atoms with Gasteiger partial charge >= 0.3 is 0 Å². The van der Waals surface area contributed by atoms with Crippen LogP contribution in [0.15, 0.2) is 77.7 Å². The molecule has 3 N–H and O–H groups in total. The van der Waals surface area contributed by atoms with Crippen LogP contribution in [0.3, 0.4) is 0 Å². The molecule has 3 aromatic carbocycles. The van der Waals surface area contributed by atoms with E-state index in [1.807, 2.05) is 30.3 Å². The first kappa shape index (κ1) is 26.2. The number of aliphatic hydroxyl groups is 1. The van der Waals surface area contributed by atoms with Crippen LogP contribution in [0.1, 0.15) is 21.5 Å². The van der Waals surface area contributed by atoms with E-state index in [0.717, 1.165) is 17.7 Å². The van der Waals surface area contributed by atoms with Gasteiger partial charge in [0.15, 0.2) is 0 Å². The van der Waals surface area contributed by atoms with Crippen molar-refractivity contribution in [3.05, 3.63) is 95.3 Å². The third-order valence-electron chi connectivity index (χ3n) is 6.17. The van der Waals surface area contributed by atoms with Crippen LogP contribution in [0, 0.1) is 12.7 Å². The lowest BCUT2D eigenvalue weighted by molar-refractivity contribution is 0.0751. The number of hydrogen-bond donors (Lipinski definition) is 3. The number of thioether (sulfide) groups is 1. The van der Waals surface area contributed by atoms with Gasteiger partial charge in [-0.3, -0.25) is 4.79 Å². The zero-order valence-corrected chi connectivity index (χ0v) is 21.2. The summed E-state index contributed by atoms with van der Waals surface area (Å²) in [4.78, 5) is 13.1. The normalized spacial score (nSPS) is 18.0. The molecule has 0 radical (unpaired) electrons. The molecule has 0 spiro atoms. The molecule has 1 fully saturated rings. The molecular weight excluding hydrogens is 503 g/mol. The molecule has 0 aromatic heterocycles. The van der Waals surface area contributed by atoms with Gasteiger partial charge in [0.05, 0.1) is 16.3 Å². The zero-order valence-electron chi connectivity index (χ0n) is 19.5. The zero-order chi connectivity index (χ0) is 25.9. The summed E-state index contributed by atoms with van der Waals surface area (Å²) in [6, 6.07) is 17.6. The lowest BCUT2D eigenvalue weighted by Gasteiger charge is -2.33. The van der Waals surface area contributed by atoms with E-state index in [2.05, 4.69) is 5.32 Å². The SMILES string of the molecule is Cc1c(O)cccc1C(=O)N[C@@H](Cc1ccccc1)[C@H](O)C1SCCN1S(=O)(=O)c1ccc(F)cc1. The van der Waals surface area contributed by atoms with Crippen LogP contribution >= 0.6 is 11.8 Å². The van der Waals surface area contributed by atoms with Crippen LogP contribution in [0.5, 0.6) is 5.75 Å². The molecule has 36 heavy (non-hydrogen) atoms. The van der Waals surface area contributed by atoms with Gasteiger partial charge in [-0.25, -0.2) is 12.8 Å². The minimum atomic E-state index is -4.01. The molecule has 1 amide bonds. The van der Waals surface area contributed by atoms with Gasteiger partial charge in [-0.2, -0.15) is 4.31 Å². The summed E-state index contributed by atoms with van der Waals surface area (Å²) >= 11 is 1.28. The van der Waals surface area contributed by atoms with E-state index >= 15 is 0 Å². The number of aromatic hydroxyl groups is 1. The fourth-order valence-corrected chi connectivity index (χ4v) is 7.50. The van der Waals surface area contributed by atoms with Crippen molar-refractivity contribution in [3.8, 4) is 5.75 Å². The second-order valence-electron chi connectivity index (χ2n) is 8.54. The molecule has 0 bridgehead atoms. The van der Waals surface area contributed by atoms with E-state index in [4.69, 9.17) is 0 Å². The Labute approximate surface area is 214 Å². The average molecular weight is 531 g/mol. The first-order valence-electron chi connectivity index (χ1n) is 11.4. The number of hydrogen-bond acceptors (Lipinski definition) is 6. The largest absolute Gasteiger partial charge is 0.508 e. The topological polar surface area (TPSA) is 107 Å². The number of nitrogens with zero attached hydrogens (tertiary/aromatic N) is 1. The van der Waals surface area contributed by atoms with E-state index in [1.54, 1.807) is 19.1 Å². The predicted octanol–water partition coefficient (Wildman–Crippen LogP) is 3.31. The van der Waals surface area contributed by atoms with Gasteiger partial charge in [-0.05, 0) is 55.3 Å². The average Bonchev–Trinajstić information content (AvgIpc) is 3.37. The number of halogens is 1. The number of aliphatic hydroxyl groups excluding tert-OH is 1. The van der Waals surface area contributed by atoms with Crippen LogP contribution in [0.2, 0.25) is 0 Å². The third-order valence-corrected chi connectivity index (χ3v) is 9.50. The van der Waals surface area contributed by atoms with Crippen molar-refractivity contribution < 1.29 is 27.8 Å². The van der Waals surface area contributed by atoms with Gasteiger partial charge < -0.3 is 15.5 Å². The second-order valence-corrected chi connectivity index (χ2v) is 11.7. The second kappa shape index (κ2) is 11.0. The van der Waals surface area contributed by atoms with Crippen LogP contribution in [-0.2, 0) is 16.4 Å². The fraction of sp³-hybridized carbons (Fsp3) is 0.269. The maximum Gasteiger partial charge on any atom is 0.252 e. The molecule has 1 heterocycles. The van der Waals surface area contributed by atoms with Gasteiger partial charge in [0.25, 0.3) is 5.91 Å². The molecule has 190 valence electrons. The third kappa shape index (κ3) is 5.57. The Bertz CT molecular complexity index is 1320. The van der Waals surface area contributed by atoms with Crippen molar-refractivity contribution in [1.82, 2.24) is 9.62 Å². The smallest absolute Gasteiger partial charge is 0.252 e. The van der Waals surface area contributed by atoms with E-state index < -0.39 is 39.3 Å². The Kier molecular flexibility index (Phi) is 7.99. The number of carbonyl (C=O) groups excluding carboxylic acids is 1. The Hall–Kier alpha value is -2.92. The number of nitrogens with one attached hydrogen (secondary N) is 1. The van der Waals surface area contributed by atoms with Gasteiger partial charge in [0.2, 0.25) is 10.0 Å². The number of sulfonamides is 1. The van der Waals surface area contributed by atoms with E-state index in [-0.39, 0.29) is 29.2 Å². The summed E-state index contributed by atoms with van der Waals surface area (Å²) in [6.07, 6.45) is -0.998. The quantitative estimate of drug-likeness (QED) is 0.413. The molecule has 7 nitrogen and oxygen atoms in total. The van der Waals surface area contributed by atoms with Gasteiger partial charge in [-0.1, -0.05) is 36.4 Å². The Morgan fingerprint density at radius 3 is 2.50 bits per heavy atom. The highest BCUT2D eigenvalue weighted by molar-refractivity contribution is 8.01. The molecule has 0 saturated carbocycles. The number of phenolic OH excluding ortho intramolecular Hbond substituents is 1. The summed E-state index contributed by atoms with van der Waals surface area (Å²) in [5, 5.41) is 23.5. The van der Waals surface area contributed by atoms with Crippen LogP contribution in [0.4, 0.5) is 4.39 Å². The van der Waals surface area contributed by atoms with Crippen molar-refractivity contribution in [2.24, 2.45) is 0 Å². The van der Waals surface area contributed by atoms with Crippen LogP contribution < -0.4 is 5.32 Å². The van der Waals surface area contributed by atoms with Crippen LogP contribution in [-0.4, -0.2) is 58.7 Å². The molecule has 1 saturated heterocycles.